The second kappa shape index (κ2) is 4.37. The molecule has 84 valence electrons. The molecule has 0 spiro atoms. The molecule has 0 bridgehead atoms. The second-order valence-corrected chi connectivity index (χ2v) is 4.47. The lowest BCUT2D eigenvalue weighted by Crippen LogP contribution is -2.45. The van der Waals surface area contributed by atoms with E-state index in [1.54, 1.807) is 12.5 Å². The highest BCUT2D eigenvalue weighted by atomic mass is 16.5. The minimum Gasteiger partial charge on any atom is -0.472 e. The number of hydrogen-bond donors (Lipinski definition) is 1. The summed E-state index contributed by atoms with van der Waals surface area (Å²) in [7, 11) is 0. The van der Waals surface area contributed by atoms with Crippen molar-refractivity contribution >= 4 is 0 Å². The van der Waals surface area contributed by atoms with E-state index in [1.165, 1.54) is 0 Å². The molecule has 1 saturated heterocycles. The smallest absolute Gasteiger partial charge is 0.0935 e. The quantitative estimate of drug-likeness (QED) is 0.831. The van der Waals surface area contributed by atoms with Crippen molar-refractivity contribution in [3.05, 3.63) is 24.2 Å². The third-order valence-corrected chi connectivity index (χ3v) is 3.21. The third-order valence-electron chi connectivity index (χ3n) is 3.21. The third kappa shape index (κ3) is 2.41. The zero-order valence-corrected chi connectivity index (χ0v) is 9.11. The number of furan rings is 1. The van der Waals surface area contributed by atoms with Crippen LogP contribution >= 0.6 is 0 Å². The summed E-state index contributed by atoms with van der Waals surface area (Å²) in [5.74, 6) is 0. The molecule has 1 N–H and O–H groups in total. The fourth-order valence-corrected chi connectivity index (χ4v) is 2.07. The van der Waals surface area contributed by atoms with Gasteiger partial charge in [0, 0.05) is 13.0 Å². The summed E-state index contributed by atoms with van der Waals surface area (Å²) in [4.78, 5) is 0. The van der Waals surface area contributed by atoms with E-state index < -0.39 is 6.10 Å². The Bertz CT molecular complexity index is 286. The summed E-state index contributed by atoms with van der Waals surface area (Å²) in [6.07, 6.45) is 6.64. The van der Waals surface area contributed by atoms with Gasteiger partial charge in [0.25, 0.3) is 0 Å². The molecule has 3 heteroatoms. The molecule has 0 amide bonds. The van der Waals surface area contributed by atoms with Crippen molar-refractivity contribution in [1.82, 2.24) is 0 Å². The summed E-state index contributed by atoms with van der Waals surface area (Å²) in [5.41, 5.74) is 0.646. The van der Waals surface area contributed by atoms with E-state index in [0.29, 0.717) is 6.42 Å². The van der Waals surface area contributed by atoms with E-state index in [0.717, 1.165) is 31.4 Å². The van der Waals surface area contributed by atoms with Crippen LogP contribution in [0.4, 0.5) is 0 Å². The van der Waals surface area contributed by atoms with Crippen molar-refractivity contribution in [2.45, 2.75) is 44.3 Å². The number of aliphatic hydroxyl groups is 1. The average Bonchev–Trinajstić information content (AvgIpc) is 2.71. The van der Waals surface area contributed by atoms with E-state index in [-0.39, 0.29) is 5.60 Å². The molecule has 2 heterocycles. The highest BCUT2D eigenvalue weighted by Crippen LogP contribution is 2.29. The normalized spacial score (nSPS) is 28.9. The first kappa shape index (κ1) is 10.7. The molecule has 0 aromatic carbocycles. The predicted octanol–water partition coefficient (Wildman–Crippen LogP) is 2.14. The molecular formula is C12H18O3. The molecule has 2 atom stereocenters. The molecular weight excluding hydrogens is 192 g/mol. The lowest BCUT2D eigenvalue weighted by molar-refractivity contribution is -0.135. The Hall–Kier alpha value is -0.800. The van der Waals surface area contributed by atoms with E-state index in [2.05, 4.69) is 0 Å². The molecule has 0 radical (unpaired) electrons. The fourth-order valence-electron chi connectivity index (χ4n) is 2.07. The van der Waals surface area contributed by atoms with Gasteiger partial charge in [0.05, 0.1) is 24.2 Å². The lowest BCUT2D eigenvalue weighted by atomic mass is 9.87. The van der Waals surface area contributed by atoms with Gasteiger partial charge >= 0.3 is 0 Å². The number of hydrogen-bond acceptors (Lipinski definition) is 3. The summed E-state index contributed by atoms with van der Waals surface area (Å²) < 4.78 is 10.7. The first-order valence-electron chi connectivity index (χ1n) is 5.54. The van der Waals surface area contributed by atoms with Gasteiger partial charge in [-0.25, -0.2) is 0 Å². The molecule has 1 aromatic heterocycles. The van der Waals surface area contributed by atoms with Crippen LogP contribution in [0.3, 0.4) is 0 Å². The van der Waals surface area contributed by atoms with Gasteiger partial charge in [-0.15, -0.1) is 0 Å². The lowest BCUT2D eigenvalue weighted by Gasteiger charge is -2.37. The van der Waals surface area contributed by atoms with Gasteiger partial charge in [-0.05, 0) is 37.8 Å². The van der Waals surface area contributed by atoms with Crippen LogP contribution in [0, 0.1) is 0 Å². The van der Waals surface area contributed by atoms with Crippen molar-refractivity contribution in [2.75, 3.05) is 6.61 Å². The summed E-state index contributed by atoms with van der Waals surface area (Å²) >= 11 is 0. The number of ether oxygens (including phenoxy) is 1. The molecule has 2 unspecified atom stereocenters. The molecule has 0 aliphatic carbocycles. The molecule has 1 aromatic rings. The molecule has 3 nitrogen and oxygen atoms in total. The predicted molar refractivity (Wildman–Crippen MR) is 56.6 cm³/mol. The highest BCUT2D eigenvalue weighted by molar-refractivity contribution is 5.08. The second-order valence-electron chi connectivity index (χ2n) is 4.47. The van der Waals surface area contributed by atoms with E-state index in [9.17, 15) is 5.11 Å². The van der Waals surface area contributed by atoms with Crippen LogP contribution in [-0.4, -0.2) is 23.4 Å². The van der Waals surface area contributed by atoms with Crippen LogP contribution in [-0.2, 0) is 11.2 Å². The van der Waals surface area contributed by atoms with Gasteiger partial charge in [0.1, 0.15) is 0 Å². The summed E-state index contributed by atoms with van der Waals surface area (Å²) in [6.45, 7) is 2.76. The Kier molecular flexibility index (Phi) is 3.12. The number of rotatable bonds is 3. The van der Waals surface area contributed by atoms with E-state index in [1.807, 2.05) is 13.0 Å². The van der Waals surface area contributed by atoms with Crippen LogP contribution in [0.15, 0.2) is 23.0 Å². The summed E-state index contributed by atoms with van der Waals surface area (Å²) in [5, 5.41) is 10.1. The fraction of sp³-hybridized carbons (Fsp3) is 0.667. The molecule has 1 aliphatic heterocycles. The maximum Gasteiger partial charge on any atom is 0.0935 e. The summed E-state index contributed by atoms with van der Waals surface area (Å²) in [6, 6.07) is 1.88. The van der Waals surface area contributed by atoms with Gasteiger partial charge in [0.15, 0.2) is 0 Å². The van der Waals surface area contributed by atoms with Crippen LogP contribution < -0.4 is 0 Å². The van der Waals surface area contributed by atoms with Crippen LogP contribution in [0.1, 0.15) is 31.7 Å². The molecule has 0 saturated carbocycles. The highest BCUT2D eigenvalue weighted by Gasteiger charge is 2.35. The minimum atomic E-state index is -0.449. The van der Waals surface area contributed by atoms with Crippen molar-refractivity contribution in [2.24, 2.45) is 0 Å². The Balaban J connectivity index is 1.97. The first-order valence-corrected chi connectivity index (χ1v) is 5.54. The van der Waals surface area contributed by atoms with Crippen LogP contribution in [0.2, 0.25) is 0 Å². The van der Waals surface area contributed by atoms with Crippen molar-refractivity contribution in [3.63, 3.8) is 0 Å². The molecule has 2 rings (SSSR count). The Morgan fingerprint density at radius 2 is 2.40 bits per heavy atom. The first-order chi connectivity index (χ1) is 7.21. The van der Waals surface area contributed by atoms with E-state index >= 15 is 0 Å². The van der Waals surface area contributed by atoms with Crippen molar-refractivity contribution in [3.8, 4) is 0 Å². The Labute approximate surface area is 90.0 Å². The van der Waals surface area contributed by atoms with Crippen LogP contribution in [0.25, 0.3) is 0 Å². The van der Waals surface area contributed by atoms with Gasteiger partial charge in [-0.3, -0.25) is 0 Å². The molecule has 1 fully saturated rings. The van der Waals surface area contributed by atoms with Gasteiger partial charge < -0.3 is 14.3 Å². The van der Waals surface area contributed by atoms with Crippen molar-refractivity contribution in [1.29, 1.82) is 0 Å². The van der Waals surface area contributed by atoms with E-state index in [4.69, 9.17) is 9.15 Å². The average molecular weight is 210 g/mol. The van der Waals surface area contributed by atoms with Crippen LogP contribution in [0.5, 0.6) is 0 Å². The maximum absolute atomic E-state index is 10.1. The zero-order chi connectivity index (χ0) is 10.7. The maximum atomic E-state index is 10.1. The minimum absolute atomic E-state index is 0.379. The van der Waals surface area contributed by atoms with Crippen molar-refractivity contribution < 1.29 is 14.3 Å². The molecule has 1 aliphatic rings. The SMILES string of the molecule is CC1(C(O)Cc2ccoc2)CCCCO1. The largest absolute Gasteiger partial charge is 0.472 e. The number of aliphatic hydroxyl groups excluding tert-OH is 1. The monoisotopic (exact) mass is 210 g/mol. The standard InChI is InChI=1S/C12H18O3/c1-12(5-2-3-6-15-12)11(13)8-10-4-7-14-9-10/h4,7,9,11,13H,2-3,5-6,8H2,1H3. The van der Waals surface area contributed by atoms with Gasteiger partial charge in [0.2, 0.25) is 0 Å². The zero-order valence-electron chi connectivity index (χ0n) is 9.11. The van der Waals surface area contributed by atoms with Gasteiger partial charge in [-0.2, -0.15) is 0 Å². The van der Waals surface area contributed by atoms with Gasteiger partial charge in [-0.1, -0.05) is 0 Å². The Morgan fingerprint density at radius 3 is 3.00 bits per heavy atom. The Morgan fingerprint density at radius 1 is 1.53 bits per heavy atom. The topological polar surface area (TPSA) is 42.6 Å². The molecule has 15 heavy (non-hydrogen) atoms.